The molecule has 0 unspecified atom stereocenters. The highest BCUT2D eigenvalue weighted by Crippen LogP contribution is 2.36. The molecule has 0 radical (unpaired) electrons. The van der Waals surface area contributed by atoms with Gasteiger partial charge in [-0.2, -0.15) is 0 Å². The summed E-state index contributed by atoms with van der Waals surface area (Å²) in [6, 6.07) is 10.3. The Morgan fingerprint density at radius 3 is 2.24 bits per heavy atom. The highest BCUT2D eigenvalue weighted by molar-refractivity contribution is 6.74. The van der Waals surface area contributed by atoms with Gasteiger partial charge < -0.3 is 14.1 Å². The molecule has 1 heterocycles. The van der Waals surface area contributed by atoms with Gasteiger partial charge in [0.05, 0.1) is 0 Å². The lowest BCUT2D eigenvalue weighted by Gasteiger charge is -2.36. The summed E-state index contributed by atoms with van der Waals surface area (Å²) in [6.07, 6.45) is 14.0. The predicted octanol–water partition coefficient (Wildman–Crippen LogP) is 8.44. The molecule has 2 atom stereocenters. The molecule has 0 aromatic heterocycles. The van der Waals surface area contributed by atoms with Gasteiger partial charge in [-0.05, 0) is 75.2 Å². The van der Waals surface area contributed by atoms with E-state index in [1.165, 1.54) is 19.3 Å². The van der Waals surface area contributed by atoms with Crippen LogP contribution in [0.3, 0.4) is 0 Å². The van der Waals surface area contributed by atoms with Crippen molar-refractivity contribution in [2.24, 2.45) is 0 Å². The molecular weight excluding hydrogens is 478 g/mol. The molecule has 6 heteroatoms. The number of ether oxygens (including phenoxy) is 1. The zero-order valence-corrected chi connectivity index (χ0v) is 25.3. The monoisotopic (exact) mass is 529 g/mol. The number of likely N-dealkylation sites (tertiary alicyclic amines) is 1. The number of nitrogens with zero attached hydrogens (tertiary/aromatic N) is 1. The Morgan fingerprint density at radius 2 is 1.59 bits per heavy atom. The third-order valence-electron chi connectivity index (χ3n) is 8.01. The third kappa shape index (κ3) is 11.2. The molecule has 0 aliphatic carbocycles. The number of carbonyl (C=O) groups is 2. The fourth-order valence-corrected chi connectivity index (χ4v) is 5.80. The number of benzene rings is 1. The molecule has 1 aliphatic heterocycles. The van der Waals surface area contributed by atoms with Gasteiger partial charge in [-0.3, -0.25) is 4.79 Å². The molecule has 0 saturated carbocycles. The number of ketones is 1. The molecule has 0 spiro atoms. The smallest absolute Gasteiger partial charge is 0.410 e. The van der Waals surface area contributed by atoms with Crippen molar-refractivity contribution in [1.82, 2.24) is 4.90 Å². The van der Waals surface area contributed by atoms with Crippen LogP contribution in [0, 0.1) is 0 Å². The molecule has 0 bridgehead atoms. The van der Waals surface area contributed by atoms with Crippen molar-refractivity contribution < 1.29 is 18.8 Å². The van der Waals surface area contributed by atoms with E-state index in [9.17, 15) is 9.59 Å². The van der Waals surface area contributed by atoms with E-state index in [0.29, 0.717) is 6.61 Å². The van der Waals surface area contributed by atoms with E-state index in [0.717, 1.165) is 57.1 Å². The van der Waals surface area contributed by atoms with E-state index in [1.807, 2.05) is 41.3 Å². The van der Waals surface area contributed by atoms with Crippen LogP contribution in [0.15, 0.2) is 42.5 Å². The van der Waals surface area contributed by atoms with Crippen molar-refractivity contribution in [1.29, 1.82) is 0 Å². The summed E-state index contributed by atoms with van der Waals surface area (Å²) in [6.45, 7) is 14.2. The zero-order valence-electron chi connectivity index (χ0n) is 24.3. The summed E-state index contributed by atoms with van der Waals surface area (Å²) < 4.78 is 12.0. The molecule has 1 aromatic rings. The van der Waals surface area contributed by atoms with Crippen molar-refractivity contribution in [2.75, 3.05) is 6.61 Å². The zero-order chi connectivity index (χ0) is 27.3. The minimum Gasteiger partial charge on any atom is -0.445 e. The maximum atomic E-state index is 13.2. The summed E-state index contributed by atoms with van der Waals surface area (Å²) in [7, 11) is -1.64. The quantitative estimate of drug-likeness (QED) is 0.130. The Balaban J connectivity index is 1.78. The first-order valence-corrected chi connectivity index (χ1v) is 17.2. The van der Waals surface area contributed by atoms with Crippen LogP contribution in [-0.4, -0.2) is 43.8 Å². The van der Waals surface area contributed by atoms with Crippen molar-refractivity contribution >= 4 is 20.2 Å². The Hall–Kier alpha value is -1.92. The van der Waals surface area contributed by atoms with Crippen LogP contribution in [0.1, 0.15) is 97.5 Å². The first kappa shape index (κ1) is 31.3. The van der Waals surface area contributed by atoms with Crippen molar-refractivity contribution in [3.63, 3.8) is 0 Å². The number of amides is 1. The number of hydrogen-bond donors (Lipinski definition) is 0. The van der Waals surface area contributed by atoms with E-state index in [-0.39, 0.29) is 29.0 Å². The van der Waals surface area contributed by atoms with Gasteiger partial charge in [-0.15, -0.1) is 0 Å². The van der Waals surface area contributed by atoms with Gasteiger partial charge in [0.2, 0.25) is 0 Å². The summed E-state index contributed by atoms with van der Waals surface area (Å²) in [5.74, 6) is 0.0648. The average Bonchev–Trinajstić information content (AvgIpc) is 3.24. The molecule has 1 aromatic carbocycles. The van der Waals surface area contributed by atoms with Crippen LogP contribution < -0.4 is 0 Å². The molecule has 2 rings (SSSR count). The van der Waals surface area contributed by atoms with Gasteiger partial charge in [0.25, 0.3) is 0 Å². The molecule has 1 fully saturated rings. The molecular formula is C31H51NO4Si. The van der Waals surface area contributed by atoms with E-state index >= 15 is 0 Å². The van der Waals surface area contributed by atoms with Gasteiger partial charge >= 0.3 is 6.09 Å². The minimum absolute atomic E-state index is 0.0648. The molecule has 1 aliphatic rings. The lowest BCUT2D eigenvalue weighted by Crippen LogP contribution is -2.41. The van der Waals surface area contributed by atoms with Gasteiger partial charge in [0.15, 0.2) is 14.1 Å². The van der Waals surface area contributed by atoms with Crippen LogP contribution in [0.25, 0.3) is 0 Å². The van der Waals surface area contributed by atoms with E-state index in [1.54, 1.807) is 13.0 Å². The van der Waals surface area contributed by atoms with E-state index < -0.39 is 8.32 Å². The average molecular weight is 530 g/mol. The molecule has 0 N–H and O–H groups in total. The van der Waals surface area contributed by atoms with Crippen LogP contribution in [-0.2, 0) is 20.6 Å². The number of unbranched alkanes of at least 4 members (excludes halogenated alkanes) is 4. The summed E-state index contributed by atoms with van der Waals surface area (Å²) in [4.78, 5) is 26.4. The first-order chi connectivity index (χ1) is 17.5. The Labute approximate surface area is 227 Å². The fourth-order valence-electron chi connectivity index (χ4n) is 4.71. The maximum absolute atomic E-state index is 13.2. The number of hydrogen-bond acceptors (Lipinski definition) is 4. The summed E-state index contributed by atoms with van der Waals surface area (Å²) >= 11 is 0. The van der Waals surface area contributed by atoms with E-state index in [2.05, 4.69) is 33.9 Å². The SMILES string of the molecule is CC(=O)/C=C/CC[C@@H]1CC[C@@H](CCCCCCCO[Si](C)(C)C(C)(C)C)N1C(=O)OCc1ccccc1. The Morgan fingerprint density at radius 1 is 0.973 bits per heavy atom. The topological polar surface area (TPSA) is 55.8 Å². The van der Waals surface area contributed by atoms with Crippen molar-refractivity contribution in [2.45, 2.75) is 129 Å². The molecule has 5 nitrogen and oxygen atoms in total. The highest BCUT2D eigenvalue weighted by atomic mass is 28.4. The van der Waals surface area contributed by atoms with Crippen molar-refractivity contribution in [3.05, 3.63) is 48.0 Å². The second-order valence-corrected chi connectivity index (χ2v) is 16.9. The normalized spacial score (nSPS) is 18.5. The van der Waals surface area contributed by atoms with Crippen LogP contribution in [0.4, 0.5) is 4.79 Å². The lowest BCUT2D eigenvalue weighted by atomic mass is 10.0. The minimum atomic E-state index is -1.64. The highest BCUT2D eigenvalue weighted by Gasteiger charge is 2.37. The Bertz CT molecular complexity index is 847. The number of carbonyl (C=O) groups excluding carboxylic acids is 2. The summed E-state index contributed by atoms with van der Waals surface area (Å²) in [5, 5.41) is 0.268. The number of allylic oxidation sites excluding steroid dienone is 2. The molecule has 37 heavy (non-hydrogen) atoms. The maximum Gasteiger partial charge on any atom is 0.410 e. The second-order valence-electron chi connectivity index (χ2n) is 12.1. The Kier molecular flexibility index (Phi) is 13.1. The third-order valence-corrected chi connectivity index (χ3v) is 12.5. The molecule has 208 valence electrons. The standard InChI is InChI=1S/C31H51NO4Si/c1-26(33)17-14-15-21-29-23-22-28(32(29)30(34)35-25-27-18-11-10-12-19-27)20-13-8-7-9-16-24-36-37(5,6)31(2,3)4/h10-12,14,17-19,28-29H,7-9,13,15-16,20-25H2,1-6H3/b17-14+/t28-,29-/m1/s1. The van der Waals surface area contributed by atoms with Crippen LogP contribution >= 0.6 is 0 Å². The first-order valence-electron chi connectivity index (χ1n) is 14.3. The predicted molar refractivity (Wildman–Crippen MR) is 155 cm³/mol. The van der Waals surface area contributed by atoms with Crippen LogP contribution in [0.5, 0.6) is 0 Å². The van der Waals surface area contributed by atoms with E-state index in [4.69, 9.17) is 9.16 Å². The number of rotatable bonds is 15. The molecule has 1 saturated heterocycles. The van der Waals surface area contributed by atoms with Crippen LogP contribution in [0.2, 0.25) is 18.1 Å². The molecule has 1 amide bonds. The van der Waals surface area contributed by atoms with Gasteiger partial charge in [-0.1, -0.05) is 82.9 Å². The van der Waals surface area contributed by atoms with Crippen molar-refractivity contribution in [3.8, 4) is 0 Å². The van der Waals surface area contributed by atoms with Gasteiger partial charge in [-0.25, -0.2) is 4.79 Å². The van der Waals surface area contributed by atoms with Gasteiger partial charge in [0.1, 0.15) is 6.61 Å². The fraction of sp³-hybridized carbons (Fsp3) is 0.677. The summed E-state index contributed by atoms with van der Waals surface area (Å²) in [5.41, 5.74) is 1.00. The lowest BCUT2D eigenvalue weighted by molar-refractivity contribution is -0.112. The second kappa shape index (κ2) is 15.5. The largest absolute Gasteiger partial charge is 0.445 e. The van der Waals surface area contributed by atoms with Gasteiger partial charge in [0, 0.05) is 18.7 Å².